The summed E-state index contributed by atoms with van der Waals surface area (Å²) in [4.78, 5) is 24.4. The molecule has 4 aromatic rings. The maximum absolute atomic E-state index is 13.5. The van der Waals surface area contributed by atoms with E-state index in [4.69, 9.17) is 4.42 Å². The topological polar surface area (TPSA) is 124 Å². The van der Waals surface area contributed by atoms with Gasteiger partial charge in [0.1, 0.15) is 17.5 Å². The summed E-state index contributed by atoms with van der Waals surface area (Å²) < 4.78 is 36.5. The van der Waals surface area contributed by atoms with E-state index in [1.807, 2.05) is 19.1 Å². The summed E-state index contributed by atoms with van der Waals surface area (Å²) in [7, 11) is -4.14. The minimum absolute atomic E-state index is 0.0134. The zero-order valence-corrected chi connectivity index (χ0v) is 21.7. The number of benzene rings is 2. The van der Waals surface area contributed by atoms with Crippen LogP contribution < -0.4 is 4.72 Å². The molecule has 37 heavy (non-hydrogen) atoms. The zero-order chi connectivity index (χ0) is 26.7. The van der Waals surface area contributed by atoms with Crippen LogP contribution in [-0.2, 0) is 16.4 Å². The largest absolute Gasteiger partial charge is 0.468 e. The SMILES string of the molecule is CCCCc1cccc2c1c(C(C[N+](=O)[O-])c1ccco1)c(NS(=O)(=O)c1ccc(C)cc1)n2C(C)=O. The molecule has 194 valence electrons. The monoisotopic (exact) mass is 523 g/mol. The fourth-order valence-electron chi connectivity index (χ4n) is 4.65. The number of sulfonamides is 1. The minimum Gasteiger partial charge on any atom is -0.468 e. The predicted octanol–water partition coefficient (Wildman–Crippen LogP) is 5.75. The molecule has 4 rings (SSSR count). The van der Waals surface area contributed by atoms with Gasteiger partial charge in [0, 0.05) is 22.8 Å². The van der Waals surface area contributed by atoms with Gasteiger partial charge in [0.2, 0.25) is 12.5 Å². The second-order valence-corrected chi connectivity index (χ2v) is 10.7. The first kappa shape index (κ1) is 26.2. The fraction of sp³-hybridized carbons (Fsp3) is 0.296. The highest BCUT2D eigenvalue weighted by Crippen LogP contribution is 2.42. The Balaban J connectivity index is 2.06. The van der Waals surface area contributed by atoms with Gasteiger partial charge in [-0.25, -0.2) is 8.42 Å². The second kappa shape index (κ2) is 10.6. The molecule has 0 saturated carbocycles. The molecule has 1 unspecified atom stereocenters. The molecule has 9 nitrogen and oxygen atoms in total. The molecule has 2 heterocycles. The van der Waals surface area contributed by atoms with Crippen LogP contribution in [0.3, 0.4) is 0 Å². The number of furan rings is 1. The van der Waals surface area contributed by atoms with Crippen LogP contribution in [0.4, 0.5) is 5.82 Å². The average Bonchev–Trinajstić information content (AvgIpc) is 3.48. The van der Waals surface area contributed by atoms with Crippen LogP contribution in [-0.4, -0.2) is 30.4 Å². The highest BCUT2D eigenvalue weighted by atomic mass is 32.2. The van der Waals surface area contributed by atoms with Crippen LogP contribution >= 0.6 is 0 Å². The van der Waals surface area contributed by atoms with E-state index in [9.17, 15) is 23.3 Å². The lowest BCUT2D eigenvalue weighted by Gasteiger charge is -2.17. The maximum Gasteiger partial charge on any atom is 0.263 e. The molecule has 0 aliphatic heterocycles. The Morgan fingerprint density at radius 1 is 1.14 bits per heavy atom. The van der Waals surface area contributed by atoms with Crippen LogP contribution in [0, 0.1) is 17.0 Å². The van der Waals surface area contributed by atoms with Crippen molar-refractivity contribution in [3.63, 3.8) is 0 Å². The number of aromatic nitrogens is 1. The van der Waals surface area contributed by atoms with E-state index in [2.05, 4.69) is 11.6 Å². The first-order chi connectivity index (χ1) is 17.6. The van der Waals surface area contributed by atoms with Crippen molar-refractivity contribution in [3.05, 3.63) is 93.4 Å². The summed E-state index contributed by atoms with van der Waals surface area (Å²) >= 11 is 0. The van der Waals surface area contributed by atoms with E-state index < -0.39 is 33.3 Å². The van der Waals surface area contributed by atoms with Gasteiger partial charge in [-0.05, 0) is 55.7 Å². The van der Waals surface area contributed by atoms with Gasteiger partial charge in [-0.15, -0.1) is 0 Å². The van der Waals surface area contributed by atoms with Crippen LogP contribution in [0.15, 0.2) is 70.2 Å². The van der Waals surface area contributed by atoms with Crippen molar-refractivity contribution in [3.8, 4) is 0 Å². The standard InChI is InChI=1S/C27H29N3O6S/c1-4-5-8-20-9-6-10-23-25(20)26(22(17-29(32)33)24-11-7-16-36-24)27(30(23)19(3)31)28-37(34,35)21-14-12-18(2)13-15-21/h6-7,9-16,22,28H,4-5,8,17H2,1-3H3. The van der Waals surface area contributed by atoms with E-state index in [0.717, 1.165) is 24.0 Å². The lowest BCUT2D eigenvalue weighted by molar-refractivity contribution is -0.482. The Bertz CT molecular complexity index is 1540. The van der Waals surface area contributed by atoms with Gasteiger partial charge >= 0.3 is 0 Å². The summed E-state index contributed by atoms with van der Waals surface area (Å²) in [5, 5.41) is 12.4. The summed E-state index contributed by atoms with van der Waals surface area (Å²) in [6.07, 6.45) is 3.86. The number of carbonyl (C=O) groups excluding carboxylic acids is 1. The van der Waals surface area contributed by atoms with E-state index in [1.54, 1.807) is 30.3 Å². The predicted molar refractivity (Wildman–Crippen MR) is 141 cm³/mol. The molecule has 0 saturated heterocycles. The minimum atomic E-state index is -4.14. The van der Waals surface area contributed by atoms with Crippen molar-refractivity contribution in [1.82, 2.24) is 4.57 Å². The van der Waals surface area contributed by atoms with Crippen LogP contribution in [0.25, 0.3) is 10.9 Å². The molecule has 0 aliphatic carbocycles. The third-order valence-electron chi connectivity index (χ3n) is 6.36. The third kappa shape index (κ3) is 5.29. The quantitative estimate of drug-likeness (QED) is 0.208. The van der Waals surface area contributed by atoms with Gasteiger partial charge in [-0.2, -0.15) is 0 Å². The lowest BCUT2D eigenvalue weighted by Crippen LogP contribution is -2.21. The highest BCUT2D eigenvalue weighted by Gasteiger charge is 2.34. The van der Waals surface area contributed by atoms with E-state index in [-0.39, 0.29) is 10.7 Å². The molecule has 1 atom stereocenters. The average molecular weight is 524 g/mol. The number of carbonyl (C=O) groups is 1. The van der Waals surface area contributed by atoms with Crippen molar-refractivity contribution in [2.45, 2.75) is 50.8 Å². The third-order valence-corrected chi connectivity index (χ3v) is 7.72. The lowest BCUT2D eigenvalue weighted by atomic mass is 9.91. The highest BCUT2D eigenvalue weighted by molar-refractivity contribution is 7.92. The van der Waals surface area contributed by atoms with Crippen molar-refractivity contribution in [2.24, 2.45) is 0 Å². The summed E-state index contributed by atoms with van der Waals surface area (Å²) in [6.45, 7) is 4.69. The number of hydrogen-bond acceptors (Lipinski definition) is 6. The van der Waals surface area contributed by atoms with E-state index in [1.165, 1.54) is 29.9 Å². The number of rotatable bonds is 10. The number of fused-ring (bicyclic) bond motifs is 1. The Morgan fingerprint density at radius 2 is 1.86 bits per heavy atom. The summed E-state index contributed by atoms with van der Waals surface area (Å²) in [5.74, 6) is -1.08. The molecular formula is C27H29N3O6S. The number of nitro groups is 1. The van der Waals surface area contributed by atoms with E-state index in [0.29, 0.717) is 28.6 Å². The normalized spacial score (nSPS) is 12.5. The number of hydrogen-bond donors (Lipinski definition) is 1. The number of aryl methyl sites for hydroxylation is 2. The van der Waals surface area contributed by atoms with Crippen molar-refractivity contribution in [1.29, 1.82) is 0 Å². The Kier molecular flexibility index (Phi) is 7.49. The Labute approximate surface area is 215 Å². The van der Waals surface area contributed by atoms with Crippen molar-refractivity contribution >= 4 is 32.7 Å². The van der Waals surface area contributed by atoms with Gasteiger partial charge in [-0.1, -0.05) is 43.2 Å². The molecular weight excluding hydrogens is 494 g/mol. The molecule has 10 heteroatoms. The summed E-state index contributed by atoms with van der Waals surface area (Å²) in [5.41, 5.74) is 2.60. The number of nitrogens with zero attached hydrogens (tertiary/aromatic N) is 2. The van der Waals surface area contributed by atoms with Crippen LogP contribution in [0.1, 0.15) is 59.9 Å². The van der Waals surface area contributed by atoms with Gasteiger partial charge in [0.25, 0.3) is 10.0 Å². The summed E-state index contributed by atoms with van der Waals surface area (Å²) in [6, 6.07) is 15.0. The molecule has 0 spiro atoms. The smallest absolute Gasteiger partial charge is 0.263 e. The molecule has 0 amide bonds. The van der Waals surface area contributed by atoms with Crippen LogP contribution in [0.5, 0.6) is 0 Å². The number of anilines is 1. The van der Waals surface area contributed by atoms with Crippen LogP contribution in [0.2, 0.25) is 0 Å². The van der Waals surface area contributed by atoms with Gasteiger partial charge < -0.3 is 4.42 Å². The fourth-order valence-corrected chi connectivity index (χ4v) is 5.72. The van der Waals surface area contributed by atoms with Gasteiger partial charge in [0.15, 0.2) is 0 Å². The molecule has 0 bridgehead atoms. The maximum atomic E-state index is 13.5. The Morgan fingerprint density at radius 3 is 2.46 bits per heavy atom. The molecule has 2 aromatic carbocycles. The number of unbranched alkanes of at least 4 members (excludes halogenated alkanes) is 1. The van der Waals surface area contributed by atoms with Crippen molar-refractivity contribution in [2.75, 3.05) is 11.3 Å². The molecule has 0 aliphatic rings. The van der Waals surface area contributed by atoms with Crippen molar-refractivity contribution < 1.29 is 22.6 Å². The van der Waals surface area contributed by atoms with Gasteiger partial charge in [-0.3, -0.25) is 24.2 Å². The number of nitrogens with one attached hydrogen (secondary N) is 1. The first-order valence-corrected chi connectivity index (χ1v) is 13.5. The molecule has 0 radical (unpaired) electrons. The van der Waals surface area contributed by atoms with E-state index >= 15 is 0 Å². The van der Waals surface area contributed by atoms with Gasteiger partial charge in [0.05, 0.1) is 16.7 Å². The zero-order valence-electron chi connectivity index (χ0n) is 20.9. The second-order valence-electron chi connectivity index (χ2n) is 9.03. The molecule has 0 fully saturated rings. The Hall–Kier alpha value is -3.92. The first-order valence-electron chi connectivity index (χ1n) is 12.1. The molecule has 2 aromatic heterocycles. The molecule has 1 N–H and O–H groups in total.